The predicted molar refractivity (Wildman–Crippen MR) is 53.1 cm³/mol. The maximum Gasteiger partial charge on any atom is 0.328 e. The van der Waals surface area contributed by atoms with Crippen LogP contribution in [0.15, 0.2) is 12.2 Å². The number of hydrogen-bond acceptors (Lipinski definition) is 3. The van der Waals surface area contributed by atoms with Crippen LogP contribution in [-0.4, -0.2) is 46.3 Å². The van der Waals surface area contributed by atoms with Crippen LogP contribution in [0.3, 0.4) is 0 Å². The molecule has 80 valence electrons. The van der Waals surface area contributed by atoms with Gasteiger partial charge in [-0.2, -0.15) is 0 Å². The molecule has 0 saturated carbocycles. The van der Waals surface area contributed by atoms with Gasteiger partial charge in [0, 0.05) is 25.2 Å². The highest BCUT2D eigenvalue weighted by Crippen LogP contribution is 2.16. The molecule has 2 unspecified atom stereocenters. The highest BCUT2D eigenvalue weighted by atomic mass is 16.4. The van der Waals surface area contributed by atoms with Gasteiger partial charge in [0.15, 0.2) is 0 Å². The Hall–Kier alpha value is -0.870. The Kier molecular flexibility index (Phi) is 4.10. The lowest BCUT2D eigenvalue weighted by Crippen LogP contribution is -2.42. The number of likely N-dealkylation sites (tertiary alicyclic amines) is 1. The first-order valence-electron chi connectivity index (χ1n) is 4.91. The molecule has 14 heavy (non-hydrogen) atoms. The van der Waals surface area contributed by atoms with Crippen LogP contribution in [0.5, 0.6) is 0 Å². The molecular formula is C10H17NO3. The zero-order valence-corrected chi connectivity index (χ0v) is 8.39. The standard InChI is InChI=1S/C10H17NO3/c1-8-7-9(12)4-6-11(8)5-2-3-10(13)14/h2-3,8-9,12H,4-7H2,1H3,(H,13,14). The molecule has 0 aliphatic carbocycles. The van der Waals surface area contributed by atoms with E-state index in [4.69, 9.17) is 5.11 Å². The minimum Gasteiger partial charge on any atom is -0.478 e. The van der Waals surface area contributed by atoms with E-state index in [1.165, 1.54) is 0 Å². The van der Waals surface area contributed by atoms with Crippen LogP contribution in [0.4, 0.5) is 0 Å². The molecule has 1 aliphatic rings. The zero-order valence-electron chi connectivity index (χ0n) is 8.39. The molecule has 1 aliphatic heterocycles. The molecule has 2 N–H and O–H groups in total. The Labute approximate surface area is 83.8 Å². The molecule has 0 radical (unpaired) electrons. The van der Waals surface area contributed by atoms with Crippen LogP contribution >= 0.6 is 0 Å². The maximum absolute atomic E-state index is 10.2. The first-order valence-corrected chi connectivity index (χ1v) is 4.91. The van der Waals surface area contributed by atoms with E-state index in [9.17, 15) is 9.90 Å². The van der Waals surface area contributed by atoms with Crippen molar-refractivity contribution < 1.29 is 15.0 Å². The van der Waals surface area contributed by atoms with Gasteiger partial charge in [0.1, 0.15) is 0 Å². The molecule has 1 fully saturated rings. The maximum atomic E-state index is 10.2. The van der Waals surface area contributed by atoms with Crippen molar-refractivity contribution >= 4 is 5.97 Å². The average molecular weight is 199 g/mol. The Morgan fingerprint density at radius 3 is 2.93 bits per heavy atom. The number of aliphatic carboxylic acids is 1. The Bertz CT molecular complexity index is 227. The van der Waals surface area contributed by atoms with Crippen LogP contribution in [-0.2, 0) is 4.79 Å². The normalized spacial score (nSPS) is 29.6. The van der Waals surface area contributed by atoms with Gasteiger partial charge in [-0.3, -0.25) is 4.90 Å². The van der Waals surface area contributed by atoms with Gasteiger partial charge in [-0.25, -0.2) is 4.79 Å². The molecule has 1 saturated heterocycles. The second kappa shape index (κ2) is 5.12. The number of hydrogen-bond donors (Lipinski definition) is 2. The van der Waals surface area contributed by atoms with E-state index in [0.717, 1.165) is 25.5 Å². The molecule has 2 atom stereocenters. The van der Waals surface area contributed by atoms with Crippen molar-refractivity contribution in [2.24, 2.45) is 0 Å². The number of carboxylic acids is 1. The average Bonchev–Trinajstić information content (AvgIpc) is 2.08. The number of piperidine rings is 1. The van der Waals surface area contributed by atoms with Gasteiger partial charge in [0.25, 0.3) is 0 Å². The fourth-order valence-corrected chi connectivity index (χ4v) is 1.76. The summed E-state index contributed by atoms with van der Waals surface area (Å²) in [4.78, 5) is 12.4. The molecule has 0 aromatic rings. The SMILES string of the molecule is CC1CC(O)CCN1CC=CC(=O)O. The highest BCUT2D eigenvalue weighted by Gasteiger charge is 2.22. The van der Waals surface area contributed by atoms with Gasteiger partial charge in [0.2, 0.25) is 0 Å². The number of carbonyl (C=O) groups is 1. The van der Waals surface area contributed by atoms with Gasteiger partial charge < -0.3 is 10.2 Å². The lowest BCUT2D eigenvalue weighted by molar-refractivity contribution is -0.131. The van der Waals surface area contributed by atoms with Crippen molar-refractivity contribution in [3.8, 4) is 0 Å². The van der Waals surface area contributed by atoms with Gasteiger partial charge in [-0.05, 0) is 19.8 Å². The summed E-state index contributed by atoms with van der Waals surface area (Å²) in [5.74, 6) is -0.908. The van der Waals surface area contributed by atoms with Crippen molar-refractivity contribution in [1.82, 2.24) is 4.90 Å². The third-order valence-corrected chi connectivity index (χ3v) is 2.59. The number of carboxylic acid groups (broad SMARTS) is 1. The molecule has 4 nitrogen and oxygen atoms in total. The van der Waals surface area contributed by atoms with E-state index in [0.29, 0.717) is 12.6 Å². The molecular weight excluding hydrogens is 182 g/mol. The summed E-state index contributed by atoms with van der Waals surface area (Å²) in [6.07, 6.45) is 4.19. The summed E-state index contributed by atoms with van der Waals surface area (Å²) in [7, 11) is 0. The predicted octanol–water partition coefficient (Wildman–Crippen LogP) is 0.472. The molecule has 1 rings (SSSR count). The zero-order chi connectivity index (χ0) is 10.6. The summed E-state index contributed by atoms with van der Waals surface area (Å²) in [5, 5.41) is 17.8. The smallest absolute Gasteiger partial charge is 0.328 e. The largest absolute Gasteiger partial charge is 0.478 e. The summed E-state index contributed by atoms with van der Waals surface area (Å²) < 4.78 is 0. The second-order valence-electron chi connectivity index (χ2n) is 3.76. The van der Waals surface area contributed by atoms with E-state index in [1.54, 1.807) is 6.08 Å². The number of nitrogens with zero attached hydrogens (tertiary/aromatic N) is 1. The molecule has 4 heteroatoms. The molecule has 0 spiro atoms. The summed E-state index contributed by atoms with van der Waals surface area (Å²) in [5.41, 5.74) is 0. The van der Waals surface area contributed by atoms with Crippen molar-refractivity contribution in [1.29, 1.82) is 0 Å². The van der Waals surface area contributed by atoms with E-state index >= 15 is 0 Å². The number of aliphatic hydroxyl groups is 1. The highest BCUT2D eigenvalue weighted by molar-refractivity contribution is 5.79. The third-order valence-electron chi connectivity index (χ3n) is 2.59. The van der Waals surface area contributed by atoms with Crippen molar-refractivity contribution in [2.75, 3.05) is 13.1 Å². The first kappa shape index (κ1) is 11.2. The fourth-order valence-electron chi connectivity index (χ4n) is 1.76. The summed E-state index contributed by atoms with van der Waals surface area (Å²) >= 11 is 0. The van der Waals surface area contributed by atoms with E-state index in [1.807, 2.05) is 0 Å². The Morgan fingerprint density at radius 2 is 2.36 bits per heavy atom. The van der Waals surface area contributed by atoms with E-state index in [-0.39, 0.29) is 6.10 Å². The van der Waals surface area contributed by atoms with Gasteiger partial charge in [-0.15, -0.1) is 0 Å². The lowest BCUT2D eigenvalue weighted by atomic mass is 10.0. The quantitative estimate of drug-likeness (QED) is 0.649. The lowest BCUT2D eigenvalue weighted by Gasteiger charge is -2.34. The van der Waals surface area contributed by atoms with Crippen molar-refractivity contribution in [3.05, 3.63) is 12.2 Å². The number of aliphatic hydroxyl groups excluding tert-OH is 1. The van der Waals surface area contributed by atoms with Crippen LogP contribution < -0.4 is 0 Å². The van der Waals surface area contributed by atoms with Crippen LogP contribution in [0.25, 0.3) is 0 Å². The van der Waals surface area contributed by atoms with E-state index < -0.39 is 5.97 Å². The van der Waals surface area contributed by atoms with Crippen molar-refractivity contribution in [3.63, 3.8) is 0 Å². The van der Waals surface area contributed by atoms with Crippen molar-refractivity contribution in [2.45, 2.75) is 31.9 Å². The second-order valence-corrected chi connectivity index (χ2v) is 3.76. The summed E-state index contributed by atoms with van der Waals surface area (Å²) in [6.45, 7) is 3.55. The van der Waals surface area contributed by atoms with Crippen LogP contribution in [0.2, 0.25) is 0 Å². The van der Waals surface area contributed by atoms with Crippen LogP contribution in [0, 0.1) is 0 Å². The van der Waals surface area contributed by atoms with E-state index in [2.05, 4.69) is 11.8 Å². The Morgan fingerprint density at radius 1 is 1.64 bits per heavy atom. The minimum atomic E-state index is -0.908. The molecule has 0 aromatic carbocycles. The van der Waals surface area contributed by atoms with Crippen LogP contribution in [0.1, 0.15) is 19.8 Å². The first-order chi connectivity index (χ1) is 6.59. The Balaban J connectivity index is 2.34. The van der Waals surface area contributed by atoms with Gasteiger partial charge in [-0.1, -0.05) is 6.08 Å². The number of rotatable bonds is 3. The van der Waals surface area contributed by atoms with Gasteiger partial charge in [0.05, 0.1) is 6.10 Å². The fraction of sp³-hybridized carbons (Fsp3) is 0.700. The molecule has 0 amide bonds. The minimum absolute atomic E-state index is 0.190. The topological polar surface area (TPSA) is 60.8 Å². The molecule has 1 heterocycles. The van der Waals surface area contributed by atoms with Gasteiger partial charge >= 0.3 is 5.97 Å². The monoisotopic (exact) mass is 199 g/mol. The summed E-state index contributed by atoms with van der Waals surface area (Å²) in [6, 6.07) is 0.331. The molecule has 0 bridgehead atoms. The third kappa shape index (κ3) is 3.47. The molecule has 0 aromatic heterocycles.